The second kappa shape index (κ2) is 4.26. The third kappa shape index (κ3) is 2.00. The number of anilines is 1. The molecule has 0 atom stereocenters. The van der Waals surface area contributed by atoms with Crippen molar-refractivity contribution in [3.8, 4) is 0 Å². The summed E-state index contributed by atoms with van der Waals surface area (Å²) in [5.41, 5.74) is -1.13. The van der Waals surface area contributed by atoms with Crippen molar-refractivity contribution >= 4 is 17.4 Å². The number of hydrogen-bond acceptors (Lipinski definition) is 3. The lowest BCUT2D eigenvalue weighted by molar-refractivity contribution is -0.131. The average molecular weight is 229 g/mol. The number of carbonyl (C=O) groups is 2. The second-order valence-electron chi connectivity index (χ2n) is 3.28. The molecule has 0 aliphatic rings. The van der Waals surface area contributed by atoms with Crippen molar-refractivity contribution < 1.29 is 23.5 Å². The van der Waals surface area contributed by atoms with Crippen LogP contribution in [-0.2, 0) is 4.79 Å². The second-order valence-corrected chi connectivity index (χ2v) is 3.28. The van der Waals surface area contributed by atoms with Gasteiger partial charge in [0.15, 0.2) is 0 Å². The van der Waals surface area contributed by atoms with Gasteiger partial charge < -0.3 is 10.0 Å². The van der Waals surface area contributed by atoms with Gasteiger partial charge in [-0.25, -0.2) is 13.6 Å². The van der Waals surface area contributed by atoms with Gasteiger partial charge in [0, 0.05) is 14.1 Å². The molecule has 0 fully saturated rings. The number of Topliss-reactive ketones (excluding diaryl/α,β-unsaturated/α-hetero) is 1. The van der Waals surface area contributed by atoms with E-state index in [4.69, 9.17) is 5.11 Å². The maximum Gasteiger partial charge on any atom is 0.377 e. The summed E-state index contributed by atoms with van der Waals surface area (Å²) < 4.78 is 26.7. The van der Waals surface area contributed by atoms with Crippen molar-refractivity contribution in [2.24, 2.45) is 0 Å². The van der Waals surface area contributed by atoms with Gasteiger partial charge in [0.25, 0.3) is 5.78 Å². The lowest BCUT2D eigenvalue weighted by Gasteiger charge is -2.17. The van der Waals surface area contributed by atoms with Crippen LogP contribution >= 0.6 is 0 Å². The Balaban J connectivity index is 3.52. The van der Waals surface area contributed by atoms with Gasteiger partial charge in [-0.05, 0) is 12.1 Å². The molecule has 0 amide bonds. The van der Waals surface area contributed by atoms with Crippen molar-refractivity contribution in [3.63, 3.8) is 0 Å². The first-order chi connectivity index (χ1) is 7.36. The molecule has 0 bridgehead atoms. The number of carboxylic acid groups (broad SMARTS) is 1. The molecule has 1 aromatic carbocycles. The maximum atomic E-state index is 13.4. The zero-order valence-corrected chi connectivity index (χ0v) is 8.62. The minimum Gasteiger partial charge on any atom is -0.475 e. The van der Waals surface area contributed by atoms with Gasteiger partial charge in [0.2, 0.25) is 0 Å². The van der Waals surface area contributed by atoms with E-state index in [0.29, 0.717) is 0 Å². The molecule has 0 unspecified atom stereocenters. The van der Waals surface area contributed by atoms with Gasteiger partial charge >= 0.3 is 5.97 Å². The number of nitrogens with zero attached hydrogens (tertiary/aromatic N) is 1. The molecular weight excluding hydrogens is 220 g/mol. The van der Waals surface area contributed by atoms with Crippen LogP contribution in [0.5, 0.6) is 0 Å². The van der Waals surface area contributed by atoms with Crippen molar-refractivity contribution in [1.82, 2.24) is 0 Å². The molecule has 0 radical (unpaired) electrons. The molecule has 0 saturated carbocycles. The Morgan fingerprint density at radius 1 is 1.19 bits per heavy atom. The number of rotatable bonds is 3. The first kappa shape index (κ1) is 12.1. The van der Waals surface area contributed by atoms with Gasteiger partial charge in [-0.15, -0.1) is 0 Å². The highest BCUT2D eigenvalue weighted by Crippen LogP contribution is 2.25. The van der Waals surface area contributed by atoms with Gasteiger partial charge in [-0.3, -0.25) is 4.79 Å². The van der Waals surface area contributed by atoms with Crippen LogP contribution in [0.3, 0.4) is 0 Å². The Bertz CT molecular complexity index is 458. The fourth-order valence-electron chi connectivity index (χ4n) is 1.30. The summed E-state index contributed by atoms with van der Waals surface area (Å²) in [6.07, 6.45) is 0. The number of hydrogen-bond donors (Lipinski definition) is 1. The third-order valence-electron chi connectivity index (χ3n) is 1.95. The molecule has 1 N–H and O–H groups in total. The van der Waals surface area contributed by atoms with E-state index < -0.39 is 29.0 Å². The SMILES string of the molecule is CN(C)c1c(F)ccc(F)c1C(=O)C(=O)O. The minimum atomic E-state index is -1.83. The van der Waals surface area contributed by atoms with Crippen LogP contribution in [0.15, 0.2) is 12.1 Å². The first-order valence-electron chi connectivity index (χ1n) is 4.29. The summed E-state index contributed by atoms with van der Waals surface area (Å²) in [7, 11) is 2.77. The molecule has 1 aromatic rings. The van der Waals surface area contributed by atoms with Crippen LogP contribution in [0, 0.1) is 11.6 Å². The van der Waals surface area contributed by atoms with Gasteiger partial charge in [-0.2, -0.15) is 0 Å². The largest absolute Gasteiger partial charge is 0.475 e. The highest BCUT2D eigenvalue weighted by molar-refractivity contribution is 6.41. The quantitative estimate of drug-likeness (QED) is 0.627. The first-order valence-corrected chi connectivity index (χ1v) is 4.29. The summed E-state index contributed by atoms with van der Waals surface area (Å²) in [6, 6.07) is 1.56. The molecule has 16 heavy (non-hydrogen) atoms. The van der Waals surface area contributed by atoms with Crippen molar-refractivity contribution in [2.75, 3.05) is 19.0 Å². The number of benzene rings is 1. The standard InChI is InChI=1S/C10H9F2NO3/c1-13(2)8-6(12)4-3-5(11)7(8)9(14)10(15)16/h3-4H,1-2H3,(H,15,16). The molecular formula is C10H9F2NO3. The smallest absolute Gasteiger partial charge is 0.377 e. The molecule has 0 heterocycles. The van der Waals surface area contributed by atoms with E-state index in [1.807, 2.05) is 0 Å². The fourth-order valence-corrected chi connectivity index (χ4v) is 1.30. The predicted molar refractivity (Wildman–Crippen MR) is 52.7 cm³/mol. The number of aliphatic carboxylic acids is 1. The van der Waals surface area contributed by atoms with E-state index in [-0.39, 0.29) is 5.69 Å². The van der Waals surface area contributed by atoms with E-state index in [2.05, 4.69) is 0 Å². The van der Waals surface area contributed by atoms with Gasteiger partial charge in [0.05, 0.1) is 11.3 Å². The fraction of sp³-hybridized carbons (Fsp3) is 0.200. The zero-order chi connectivity index (χ0) is 12.5. The summed E-state index contributed by atoms with van der Waals surface area (Å²) in [5.74, 6) is -5.21. The van der Waals surface area contributed by atoms with Gasteiger partial charge in [-0.1, -0.05) is 0 Å². The molecule has 86 valence electrons. The molecule has 0 spiro atoms. The third-order valence-corrected chi connectivity index (χ3v) is 1.95. The molecule has 0 saturated heterocycles. The summed E-state index contributed by atoms with van der Waals surface area (Å²) in [6.45, 7) is 0. The van der Waals surface area contributed by atoms with Crippen molar-refractivity contribution in [3.05, 3.63) is 29.3 Å². The van der Waals surface area contributed by atoms with E-state index in [1.165, 1.54) is 14.1 Å². The predicted octanol–water partition coefficient (Wildman–Crippen LogP) is 1.30. The Kier molecular flexibility index (Phi) is 3.22. The van der Waals surface area contributed by atoms with Gasteiger partial charge in [0.1, 0.15) is 11.6 Å². The summed E-state index contributed by atoms with van der Waals surface area (Å²) in [5, 5.41) is 8.50. The molecule has 0 aliphatic carbocycles. The van der Waals surface area contributed by atoms with Crippen LogP contribution in [0.1, 0.15) is 10.4 Å². The Morgan fingerprint density at radius 3 is 2.12 bits per heavy atom. The highest BCUT2D eigenvalue weighted by atomic mass is 19.1. The number of halogens is 2. The number of ketones is 1. The Labute approximate surface area is 90.1 Å². The van der Waals surface area contributed by atoms with Crippen molar-refractivity contribution in [1.29, 1.82) is 0 Å². The van der Waals surface area contributed by atoms with Crippen LogP contribution in [0.2, 0.25) is 0 Å². The Morgan fingerprint density at radius 2 is 1.69 bits per heavy atom. The lowest BCUT2D eigenvalue weighted by atomic mass is 10.1. The molecule has 4 nitrogen and oxygen atoms in total. The van der Waals surface area contributed by atoms with Crippen LogP contribution in [-0.4, -0.2) is 31.0 Å². The molecule has 0 aromatic heterocycles. The summed E-state index contributed by atoms with van der Waals surface area (Å²) >= 11 is 0. The topological polar surface area (TPSA) is 57.6 Å². The van der Waals surface area contributed by atoms with Crippen LogP contribution in [0.4, 0.5) is 14.5 Å². The average Bonchev–Trinajstić information content (AvgIpc) is 2.19. The van der Waals surface area contributed by atoms with E-state index in [9.17, 15) is 18.4 Å². The minimum absolute atomic E-state index is 0.368. The van der Waals surface area contributed by atoms with Crippen LogP contribution in [0.25, 0.3) is 0 Å². The summed E-state index contributed by atoms with van der Waals surface area (Å²) in [4.78, 5) is 22.8. The highest BCUT2D eigenvalue weighted by Gasteiger charge is 2.26. The molecule has 1 rings (SSSR count). The monoisotopic (exact) mass is 229 g/mol. The zero-order valence-electron chi connectivity index (χ0n) is 8.62. The normalized spacial score (nSPS) is 10.0. The van der Waals surface area contributed by atoms with E-state index in [0.717, 1.165) is 17.0 Å². The number of carboxylic acids is 1. The Hall–Kier alpha value is -1.98. The maximum absolute atomic E-state index is 13.4. The van der Waals surface area contributed by atoms with E-state index in [1.54, 1.807) is 0 Å². The van der Waals surface area contributed by atoms with E-state index >= 15 is 0 Å². The lowest BCUT2D eigenvalue weighted by Crippen LogP contribution is -2.21. The van der Waals surface area contributed by atoms with Crippen molar-refractivity contribution in [2.45, 2.75) is 0 Å². The molecule has 6 heteroatoms. The number of carbonyl (C=O) groups excluding carboxylic acids is 1. The molecule has 0 aliphatic heterocycles. The van der Waals surface area contributed by atoms with Crippen LogP contribution < -0.4 is 4.90 Å².